The Bertz CT molecular complexity index is 2000. The van der Waals surface area contributed by atoms with Crippen molar-refractivity contribution in [1.29, 1.82) is 0 Å². The first-order valence-corrected chi connectivity index (χ1v) is 14.1. The van der Waals surface area contributed by atoms with Crippen LogP contribution in [-0.2, 0) is 21.1 Å². The molecule has 1 N–H and O–H groups in total. The van der Waals surface area contributed by atoms with Gasteiger partial charge in [-0.25, -0.2) is 4.98 Å². The van der Waals surface area contributed by atoms with E-state index in [1.54, 1.807) is 6.07 Å². The Balaban J connectivity index is 0.00000329. The molecule has 2 heterocycles. The van der Waals surface area contributed by atoms with Gasteiger partial charge in [0.25, 0.3) is 0 Å². The van der Waals surface area contributed by atoms with Gasteiger partial charge in [-0.3, -0.25) is 9.55 Å². The van der Waals surface area contributed by atoms with Crippen molar-refractivity contribution in [3.63, 3.8) is 0 Å². The molecule has 43 heavy (non-hydrogen) atoms. The number of nitrogens with zero attached hydrogens (tertiary/aromatic N) is 3. The molecule has 212 valence electrons. The van der Waals surface area contributed by atoms with E-state index in [1.165, 1.54) is 11.1 Å². The fourth-order valence-electron chi connectivity index (χ4n) is 5.53. The number of aromatic nitrogens is 3. The Hall–Kier alpha value is -4.79. The number of para-hydroxylation sites is 3. The molecule has 5 aromatic carbocycles. The van der Waals surface area contributed by atoms with Crippen LogP contribution in [0.15, 0.2) is 140 Å². The van der Waals surface area contributed by atoms with Crippen LogP contribution in [0.5, 0.6) is 5.75 Å². The van der Waals surface area contributed by atoms with Crippen LogP contribution < -0.4 is 0 Å². The normalized spacial score (nSPS) is 11.7. The molecule has 0 aliphatic rings. The molecule has 7 aromatic rings. The summed E-state index contributed by atoms with van der Waals surface area (Å²) in [5, 5.41) is 10.8. The second-order valence-electron chi connectivity index (χ2n) is 10.4. The Kier molecular flexibility index (Phi) is 8.05. The van der Waals surface area contributed by atoms with Crippen LogP contribution in [0.25, 0.3) is 50.5 Å². The van der Waals surface area contributed by atoms with Gasteiger partial charge in [0, 0.05) is 44.6 Å². The first-order valence-electron chi connectivity index (χ1n) is 14.1. The zero-order chi connectivity index (χ0) is 28.5. The van der Waals surface area contributed by atoms with E-state index >= 15 is 0 Å². The van der Waals surface area contributed by atoms with Gasteiger partial charge in [-0.15, -0.1) is 29.8 Å². The number of fused-ring (bicyclic) bond motifs is 1. The summed E-state index contributed by atoms with van der Waals surface area (Å²) in [5.41, 5.74) is 9.59. The zero-order valence-corrected chi connectivity index (χ0v) is 25.7. The van der Waals surface area contributed by atoms with E-state index in [0.29, 0.717) is 11.4 Å². The van der Waals surface area contributed by atoms with Gasteiger partial charge in [-0.1, -0.05) is 103 Å². The second-order valence-corrected chi connectivity index (χ2v) is 10.4. The number of hydrogen-bond acceptors (Lipinski definition) is 3. The fourth-order valence-corrected chi connectivity index (χ4v) is 5.53. The van der Waals surface area contributed by atoms with Crippen LogP contribution in [-0.4, -0.2) is 19.6 Å². The van der Waals surface area contributed by atoms with E-state index in [-0.39, 0.29) is 32.7 Å². The summed E-state index contributed by atoms with van der Waals surface area (Å²) >= 11 is 0. The van der Waals surface area contributed by atoms with Crippen molar-refractivity contribution >= 4 is 11.0 Å². The molecule has 0 spiro atoms. The Morgan fingerprint density at radius 2 is 1.33 bits per heavy atom. The summed E-state index contributed by atoms with van der Waals surface area (Å²) in [4.78, 5) is 9.95. The summed E-state index contributed by atoms with van der Waals surface area (Å²) < 4.78 is 2.10. The van der Waals surface area contributed by atoms with Gasteiger partial charge in [0.05, 0.1) is 16.6 Å². The first-order chi connectivity index (χ1) is 20.7. The molecule has 4 nitrogen and oxygen atoms in total. The van der Waals surface area contributed by atoms with Crippen molar-refractivity contribution in [2.75, 3.05) is 0 Å². The molecule has 0 saturated carbocycles. The summed E-state index contributed by atoms with van der Waals surface area (Å²) in [6, 6.07) is 48.1. The van der Waals surface area contributed by atoms with Gasteiger partial charge in [0.15, 0.2) is 0 Å². The minimum absolute atomic E-state index is 0. The van der Waals surface area contributed by atoms with Crippen LogP contribution in [0.3, 0.4) is 0 Å². The topological polar surface area (TPSA) is 50.9 Å². The van der Waals surface area contributed by atoms with E-state index < -0.39 is 0 Å². The number of phenolic OH excluding ortho intramolecular Hbond substituents is 1. The van der Waals surface area contributed by atoms with Gasteiger partial charge in [-0.2, -0.15) is 0 Å². The molecule has 0 bridgehead atoms. The Morgan fingerprint density at radius 3 is 2.07 bits per heavy atom. The summed E-state index contributed by atoms with van der Waals surface area (Å²) in [7, 11) is 0. The largest absolute Gasteiger partial charge is 0.507 e. The van der Waals surface area contributed by atoms with Gasteiger partial charge >= 0.3 is 0 Å². The second kappa shape index (κ2) is 12.2. The molecule has 5 heteroatoms. The molecule has 2 aromatic heterocycles. The van der Waals surface area contributed by atoms with Crippen molar-refractivity contribution in [2.24, 2.45) is 0 Å². The van der Waals surface area contributed by atoms with Crippen molar-refractivity contribution < 1.29 is 26.2 Å². The Morgan fingerprint density at radius 1 is 0.651 bits per heavy atom. The zero-order valence-electron chi connectivity index (χ0n) is 23.5. The number of pyridine rings is 1. The number of benzene rings is 5. The third kappa shape index (κ3) is 5.42. The van der Waals surface area contributed by atoms with E-state index in [4.69, 9.17) is 9.97 Å². The summed E-state index contributed by atoms with van der Waals surface area (Å²) in [5.74, 6) is 1.14. The average molecular weight is 738 g/mol. The van der Waals surface area contributed by atoms with Crippen LogP contribution in [0.4, 0.5) is 0 Å². The van der Waals surface area contributed by atoms with Gasteiger partial charge < -0.3 is 5.11 Å². The van der Waals surface area contributed by atoms with Crippen molar-refractivity contribution in [3.8, 4) is 45.2 Å². The SMILES string of the molecule is CC(c1ccccc1)c1ccc(-c2[c-]c(-c3cccc4c3nc(-c3ccccc3O)n4-c3ccccc3)ccc2)nc1.[Pt]. The molecule has 0 radical (unpaired) electrons. The molecule has 0 aliphatic carbocycles. The molecule has 7 rings (SSSR count). The number of rotatable bonds is 6. The fraction of sp³-hybridized carbons (Fsp3) is 0.0526. The number of hydrogen-bond donors (Lipinski definition) is 1. The van der Waals surface area contributed by atoms with Crippen molar-refractivity contribution in [2.45, 2.75) is 12.8 Å². The molecule has 0 fully saturated rings. The van der Waals surface area contributed by atoms with E-state index in [9.17, 15) is 5.11 Å². The molecular weight excluding hydrogens is 710 g/mol. The number of phenols is 1. The predicted octanol–water partition coefficient (Wildman–Crippen LogP) is 9.08. The van der Waals surface area contributed by atoms with Gasteiger partial charge in [-0.05, 0) is 41.5 Å². The van der Waals surface area contributed by atoms with Crippen LogP contribution in [0.1, 0.15) is 24.0 Å². The maximum atomic E-state index is 10.8. The average Bonchev–Trinajstić information content (AvgIpc) is 3.45. The number of aromatic hydroxyl groups is 1. The van der Waals surface area contributed by atoms with E-state index in [2.05, 4.69) is 84.3 Å². The van der Waals surface area contributed by atoms with E-state index in [0.717, 1.165) is 39.1 Å². The number of imidazole rings is 1. The quantitative estimate of drug-likeness (QED) is 0.173. The maximum Gasteiger partial charge on any atom is 0.148 e. The molecule has 1 atom stereocenters. The van der Waals surface area contributed by atoms with Gasteiger partial charge in [0.2, 0.25) is 0 Å². The third-order valence-corrected chi connectivity index (χ3v) is 7.79. The van der Waals surface area contributed by atoms with Gasteiger partial charge in [0.1, 0.15) is 11.6 Å². The first kappa shape index (κ1) is 28.3. The van der Waals surface area contributed by atoms with Crippen LogP contribution in [0.2, 0.25) is 0 Å². The minimum atomic E-state index is 0. The summed E-state index contributed by atoms with van der Waals surface area (Å²) in [6.45, 7) is 2.21. The summed E-state index contributed by atoms with van der Waals surface area (Å²) in [6.07, 6.45) is 1.97. The standard InChI is InChI=1S/C38H28N3O.Pt/c1-26(27-12-4-2-5-13-27)30-22-23-34(39-25-30)29-15-10-14-28(24-29)32-19-11-20-35-37(32)40-38(33-18-8-9-21-36(33)42)41(35)31-16-6-3-7-17-31;/h2-23,25-26,42H,1H3;/q-1;. The van der Waals surface area contributed by atoms with E-state index in [1.807, 2.05) is 66.9 Å². The maximum absolute atomic E-state index is 10.8. The molecule has 0 amide bonds. The Labute approximate surface area is 265 Å². The van der Waals surface area contributed by atoms with Crippen LogP contribution >= 0.6 is 0 Å². The molecular formula is C38H28N3OPt-. The van der Waals surface area contributed by atoms with Crippen molar-refractivity contribution in [3.05, 3.63) is 157 Å². The monoisotopic (exact) mass is 737 g/mol. The van der Waals surface area contributed by atoms with Crippen molar-refractivity contribution in [1.82, 2.24) is 14.5 Å². The molecule has 1 unspecified atom stereocenters. The smallest absolute Gasteiger partial charge is 0.148 e. The molecule has 0 aliphatic heterocycles. The molecule has 0 saturated heterocycles. The minimum Gasteiger partial charge on any atom is -0.507 e. The van der Waals surface area contributed by atoms with Crippen LogP contribution in [0, 0.1) is 6.07 Å². The predicted molar refractivity (Wildman–Crippen MR) is 170 cm³/mol. The third-order valence-electron chi connectivity index (χ3n) is 7.79.